The second-order valence-electron chi connectivity index (χ2n) is 3.06. The highest BCUT2D eigenvalue weighted by molar-refractivity contribution is 5.34. The van der Waals surface area contributed by atoms with Crippen molar-refractivity contribution in [3.63, 3.8) is 0 Å². The molecule has 0 amide bonds. The molecule has 0 atom stereocenters. The monoisotopic (exact) mass is 197 g/mol. The van der Waals surface area contributed by atoms with Crippen LogP contribution in [0, 0.1) is 0 Å². The average Bonchev–Trinajstić information content (AvgIpc) is 2.32. The molecule has 0 N–H and O–H groups in total. The predicted molar refractivity (Wildman–Crippen MR) is 58.9 cm³/mol. The van der Waals surface area contributed by atoms with E-state index in [0.29, 0.717) is 6.54 Å². The van der Waals surface area contributed by atoms with E-state index in [-0.39, 0.29) is 0 Å². The van der Waals surface area contributed by atoms with E-state index in [2.05, 4.69) is 15.2 Å². The summed E-state index contributed by atoms with van der Waals surface area (Å²) < 4.78 is 0. The number of aromatic nitrogens is 1. The summed E-state index contributed by atoms with van der Waals surface area (Å²) in [5, 5.41) is 8.16. The van der Waals surface area contributed by atoms with Gasteiger partial charge in [0.2, 0.25) is 0 Å². The fourth-order valence-electron chi connectivity index (χ4n) is 1.18. The van der Waals surface area contributed by atoms with Crippen LogP contribution in [0.5, 0.6) is 0 Å². The lowest BCUT2D eigenvalue weighted by Gasteiger charge is -1.93. The first-order valence-corrected chi connectivity index (χ1v) is 4.77. The van der Waals surface area contributed by atoms with Gasteiger partial charge in [-0.3, -0.25) is 4.98 Å². The highest BCUT2D eigenvalue weighted by atomic mass is 15.1. The van der Waals surface area contributed by atoms with Gasteiger partial charge in [0.25, 0.3) is 0 Å². The molecule has 2 rings (SSSR count). The Morgan fingerprint density at radius 3 is 2.47 bits per heavy atom. The van der Waals surface area contributed by atoms with Gasteiger partial charge >= 0.3 is 0 Å². The van der Waals surface area contributed by atoms with E-state index in [0.717, 1.165) is 11.4 Å². The van der Waals surface area contributed by atoms with Crippen LogP contribution in [0.4, 0.5) is 5.69 Å². The van der Waals surface area contributed by atoms with Gasteiger partial charge in [0.1, 0.15) is 6.54 Å². The van der Waals surface area contributed by atoms with Crippen LogP contribution < -0.4 is 0 Å². The molecule has 1 aromatic heterocycles. The third-order valence-corrected chi connectivity index (χ3v) is 1.90. The molecule has 0 spiro atoms. The van der Waals surface area contributed by atoms with Crippen LogP contribution in [0.15, 0.2) is 65.0 Å². The van der Waals surface area contributed by atoms with Crippen LogP contribution in [0.1, 0.15) is 5.69 Å². The summed E-state index contributed by atoms with van der Waals surface area (Å²) in [4.78, 5) is 4.16. The zero-order valence-corrected chi connectivity index (χ0v) is 8.24. The molecule has 74 valence electrons. The maximum Gasteiger partial charge on any atom is 0.102 e. The van der Waals surface area contributed by atoms with Crippen molar-refractivity contribution in [1.82, 2.24) is 4.98 Å². The van der Waals surface area contributed by atoms with Crippen molar-refractivity contribution in [3.05, 3.63) is 60.4 Å². The van der Waals surface area contributed by atoms with Crippen LogP contribution in [0.2, 0.25) is 0 Å². The summed E-state index contributed by atoms with van der Waals surface area (Å²) in [6.07, 6.45) is 1.76. The van der Waals surface area contributed by atoms with E-state index in [4.69, 9.17) is 0 Å². The van der Waals surface area contributed by atoms with Gasteiger partial charge in [-0.1, -0.05) is 24.3 Å². The number of benzene rings is 1. The van der Waals surface area contributed by atoms with Gasteiger partial charge in [-0.15, -0.1) is 0 Å². The van der Waals surface area contributed by atoms with Crippen molar-refractivity contribution >= 4 is 5.69 Å². The quantitative estimate of drug-likeness (QED) is 0.695. The Bertz CT molecular complexity index is 423. The lowest BCUT2D eigenvalue weighted by Crippen LogP contribution is -1.83. The van der Waals surface area contributed by atoms with E-state index >= 15 is 0 Å². The van der Waals surface area contributed by atoms with Gasteiger partial charge in [-0.25, -0.2) is 0 Å². The molecule has 3 heteroatoms. The molecular formula is C12H11N3. The Morgan fingerprint density at radius 1 is 0.933 bits per heavy atom. The van der Waals surface area contributed by atoms with Crippen LogP contribution in [0.25, 0.3) is 0 Å². The minimum atomic E-state index is 0.524. The van der Waals surface area contributed by atoms with Crippen LogP contribution in [-0.4, -0.2) is 4.98 Å². The van der Waals surface area contributed by atoms with Gasteiger partial charge in [0.15, 0.2) is 0 Å². The molecule has 0 aliphatic carbocycles. The molecule has 0 aliphatic heterocycles. The molecule has 0 saturated carbocycles. The van der Waals surface area contributed by atoms with Crippen LogP contribution >= 0.6 is 0 Å². The molecular weight excluding hydrogens is 186 g/mol. The summed E-state index contributed by atoms with van der Waals surface area (Å²) in [6, 6.07) is 15.4. The fourth-order valence-corrected chi connectivity index (χ4v) is 1.18. The normalized spacial score (nSPS) is 10.7. The number of hydrogen-bond donors (Lipinski definition) is 0. The highest BCUT2D eigenvalue weighted by Crippen LogP contribution is 2.10. The molecule has 0 fully saturated rings. The first kappa shape index (κ1) is 9.52. The Morgan fingerprint density at radius 2 is 1.73 bits per heavy atom. The first-order valence-electron chi connectivity index (χ1n) is 4.77. The van der Waals surface area contributed by atoms with Crippen molar-refractivity contribution in [2.75, 3.05) is 0 Å². The third-order valence-electron chi connectivity index (χ3n) is 1.90. The van der Waals surface area contributed by atoms with Gasteiger partial charge in [-0.2, -0.15) is 10.2 Å². The summed E-state index contributed by atoms with van der Waals surface area (Å²) in [7, 11) is 0. The van der Waals surface area contributed by atoms with Crippen molar-refractivity contribution in [2.24, 2.45) is 10.2 Å². The number of nitrogens with zero attached hydrogens (tertiary/aromatic N) is 3. The minimum absolute atomic E-state index is 0.524. The maximum atomic E-state index is 4.16. The largest absolute Gasteiger partial charge is 0.259 e. The molecule has 15 heavy (non-hydrogen) atoms. The van der Waals surface area contributed by atoms with Crippen molar-refractivity contribution in [1.29, 1.82) is 0 Å². The second-order valence-corrected chi connectivity index (χ2v) is 3.06. The van der Waals surface area contributed by atoms with Gasteiger partial charge in [0, 0.05) is 6.20 Å². The first-order chi connectivity index (χ1) is 7.45. The zero-order valence-electron chi connectivity index (χ0n) is 8.24. The Balaban J connectivity index is 1.97. The number of hydrogen-bond acceptors (Lipinski definition) is 3. The smallest absolute Gasteiger partial charge is 0.102 e. The average molecular weight is 197 g/mol. The molecule has 2 aromatic rings. The molecule has 0 radical (unpaired) electrons. The van der Waals surface area contributed by atoms with E-state index in [1.165, 1.54) is 0 Å². The molecule has 1 aromatic carbocycles. The van der Waals surface area contributed by atoms with Crippen LogP contribution in [-0.2, 0) is 6.54 Å². The van der Waals surface area contributed by atoms with Crippen molar-refractivity contribution in [3.8, 4) is 0 Å². The van der Waals surface area contributed by atoms with Gasteiger partial charge in [0.05, 0.1) is 11.4 Å². The van der Waals surface area contributed by atoms with E-state index in [9.17, 15) is 0 Å². The summed E-state index contributed by atoms with van der Waals surface area (Å²) in [5.74, 6) is 0. The van der Waals surface area contributed by atoms with E-state index in [1.807, 2.05) is 48.5 Å². The van der Waals surface area contributed by atoms with Crippen molar-refractivity contribution in [2.45, 2.75) is 6.54 Å². The minimum Gasteiger partial charge on any atom is -0.259 e. The third kappa shape index (κ3) is 2.98. The lowest BCUT2D eigenvalue weighted by atomic mass is 10.3. The molecule has 1 heterocycles. The summed E-state index contributed by atoms with van der Waals surface area (Å²) >= 11 is 0. The summed E-state index contributed by atoms with van der Waals surface area (Å²) in [6.45, 7) is 0.524. The van der Waals surface area contributed by atoms with Gasteiger partial charge < -0.3 is 0 Å². The maximum absolute atomic E-state index is 4.16. The zero-order chi connectivity index (χ0) is 10.3. The Labute approximate surface area is 88.5 Å². The Kier molecular flexibility index (Phi) is 3.18. The molecule has 0 bridgehead atoms. The molecule has 3 nitrogen and oxygen atoms in total. The number of pyridine rings is 1. The standard InChI is InChI=1S/C12H11N3/c1-2-6-11(7-3-1)15-14-10-12-8-4-5-9-13-12/h1-9H,10H2. The molecule has 0 aliphatic rings. The molecule has 0 saturated heterocycles. The molecule has 0 unspecified atom stereocenters. The topological polar surface area (TPSA) is 37.6 Å². The predicted octanol–water partition coefficient (Wildman–Crippen LogP) is 3.37. The fraction of sp³-hybridized carbons (Fsp3) is 0.0833. The summed E-state index contributed by atoms with van der Waals surface area (Å²) in [5.41, 5.74) is 1.80. The Hall–Kier alpha value is -2.03. The second kappa shape index (κ2) is 5.00. The van der Waals surface area contributed by atoms with E-state index in [1.54, 1.807) is 6.20 Å². The SMILES string of the molecule is c1ccc(N=NCc2ccccn2)cc1. The highest BCUT2D eigenvalue weighted by Gasteiger charge is 1.89. The number of rotatable bonds is 3. The van der Waals surface area contributed by atoms with Crippen LogP contribution in [0.3, 0.4) is 0 Å². The van der Waals surface area contributed by atoms with Crippen molar-refractivity contribution < 1.29 is 0 Å². The van der Waals surface area contributed by atoms with E-state index < -0.39 is 0 Å². The number of azo groups is 1. The van der Waals surface area contributed by atoms with Gasteiger partial charge in [-0.05, 0) is 24.3 Å². The lowest BCUT2D eigenvalue weighted by molar-refractivity contribution is 0.915.